The molecule has 1 aliphatic heterocycles. The van der Waals surface area contributed by atoms with E-state index in [2.05, 4.69) is 4.98 Å². The molecule has 11 heteroatoms. The first kappa shape index (κ1) is 23.8. The molecule has 0 radical (unpaired) electrons. The lowest BCUT2D eigenvalue weighted by Gasteiger charge is -2.34. The number of ether oxygens (including phenoxy) is 1. The number of methoxy groups -OCH3 is 1. The van der Waals surface area contributed by atoms with Gasteiger partial charge in [0, 0.05) is 44.3 Å². The lowest BCUT2D eigenvalue weighted by molar-refractivity contribution is -0.129. The van der Waals surface area contributed by atoms with Crippen LogP contribution in [-0.4, -0.2) is 72.1 Å². The monoisotopic (exact) mass is 497 g/mol. The molecule has 1 saturated heterocycles. The van der Waals surface area contributed by atoms with E-state index >= 15 is 0 Å². The molecule has 34 heavy (non-hydrogen) atoms. The van der Waals surface area contributed by atoms with Crippen LogP contribution in [0, 0.1) is 11.3 Å². The number of imidazole rings is 1. The maximum Gasteiger partial charge on any atom is 0.244 e. The van der Waals surface area contributed by atoms with Gasteiger partial charge in [-0.3, -0.25) is 9.36 Å². The van der Waals surface area contributed by atoms with Gasteiger partial charge in [0.05, 0.1) is 23.3 Å². The van der Waals surface area contributed by atoms with E-state index < -0.39 is 10.0 Å². The number of carbonyl (C=O) groups is 1. The van der Waals surface area contributed by atoms with Crippen LogP contribution in [0.2, 0.25) is 0 Å². The maximum atomic E-state index is 13.0. The third-order valence-electron chi connectivity index (χ3n) is 5.50. The number of piperazine rings is 1. The van der Waals surface area contributed by atoms with Gasteiger partial charge in [-0.2, -0.15) is 9.57 Å². The van der Waals surface area contributed by atoms with Gasteiger partial charge in [0.25, 0.3) is 0 Å². The summed E-state index contributed by atoms with van der Waals surface area (Å²) in [6.07, 6.45) is 3.51. The fourth-order valence-electron chi connectivity index (χ4n) is 3.65. The van der Waals surface area contributed by atoms with Crippen molar-refractivity contribution in [3.8, 4) is 17.5 Å². The van der Waals surface area contributed by atoms with Crippen LogP contribution in [0.3, 0.4) is 0 Å². The number of thioether (sulfide) groups is 1. The molecule has 0 N–H and O–H groups in total. The maximum absolute atomic E-state index is 13.0. The highest BCUT2D eigenvalue weighted by atomic mass is 32.2. The van der Waals surface area contributed by atoms with Gasteiger partial charge >= 0.3 is 0 Å². The van der Waals surface area contributed by atoms with Crippen LogP contribution < -0.4 is 4.74 Å². The average molecular weight is 498 g/mol. The van der Waals surface area contributed by atoms with Gasteiger partial charge in [-0.15, -0.1) is 0 Å². The molecule has 1 fully saturated rings. The molecule has 2 heterocycles. The number of benzene rings is 2. The number of nitrogens with zero attached hydrogens (tertiary/aromatic N) is 5. The molecule has 2 aromatic carbocycles. The van der Waals surface area contributed by atoms with E-state index in [1.54, 1.807) is 30.3 Å². The molecule has 4 rings (SSSR count). The summed E-state index contributed by atoms with van der Waals surface area (Å²) in [6, 6.07) is 15.6. The number of sulfonamides is 1. The molecular weight excluding hydrogens is 474 g/mol. The van der Waals surface area contributed by atoms with Crippen molar-refractivity contribution in [2.45, 2.75) is 10.1 Å². The van der Waals surface area contributed by atoms with Crippen LogP contribution in [-0.2, 0) is 14.8 Å². The highest BCUT2D eigenvalue weighted by Crippen LogP contribution is 2.24. The minimum atomic E-state index is -3.80. The summed E-state index contributed by atoms with van der Waals surface area (Å²) in [5.41, 5.74) is 1.02. The summed E-state index contributed by atoms with van der Waals surface area (Å²) < 4.78 is 34.4. The Kier molecular flexibility index (Phi) is 7.21. The Balaban J connectivity index is 1.35. The van der Waals surface area contributed by atoms with E-state index in [1.807, 2.05) is 41.1 Å². The molecule has 1 aromatic heterocycles. The van der Waals surface area contributed by atoms with Crippen molar-refractivity contribution in [1.82, 2.24) is 18.8 Å². The molecule has 0 atom stereocenters. The number of hydrogen-bond donors (Lipinski definition) is 0. The predicted molar refractivity (Wildman–Crippen MR) is 127 cm³/mol. The third kappa shape index (κ3) is 4.94. The van der Waals surface area contributed by atoms with Gasteiger partial charge in [-0.1, -0.05) is 23.9 Å². The third-order valence-corrected chi connectivity index (χ3v) is 8.41. The second-order valence-corrected chi connectivity index (χ2v) is 10.3. The average Bonchev–Trinajstić information content (AvgIpc) is 3.36. The first-order chi connectivity index (χ1) is 16.4. The smallest absolute Gasteiger partial charge is 0.244 e. The van der Waals surface area contributed by atoms with E-state index in [0.29, 0.717) is 18.2 Å². The first-order valence-electron chi connectivity index (χ1n) is 10.5. The molecule has 1 amide bonds. The zero-order chi connectivity index (χ0) is 24.1. The summed E-state index contributed by atoms with van der Waals surface area (Å²) in [5, 5.41) is 9.94. The standard InChI is InChI=1S/C23H23N5O4S2/c1-32-20-8-6-19(7-9-20)28-11-10-25-23(28)33-17-22(29)26-12-14-27(15-13-26)34(30,31)21-5-3-2-4-18(21)16-24/h2-11H,12-15,17H2,1H3. The molecule has 0 saturated carbocycles. The zero-order valence-electron chi connectivity index (χ0n) is 18.5. The summed E-state index contributed by atoms with van der Waals surface area (Å²) >= 11 is 1.33. The second-order valence-electron chi connectivity index (χ2n) is 7.46. The zero-order valence-corrected chi connectivity index (χ0v) is 20.1. The number of amides is 1. The molecule has 0 unspecified atom stereocenters. The Labute approximate surface area is 202 Å². The van der Waals surface area contributed by atoms with Crippen molar-refractivity contribution in [3.63, 3.8) is 0 Å². The molecule has 0 aliphatic carbocycles. The van der Waals surface area contributed by atoms with E-state index in [0.717, 1.165) is 11.4 Å². The lowest BCUT2D eigenvalue weighted by atomic mass is 10.2. The lowest BCUT2D eigenvalue weighted by Crippen LogP contribution is -2.51. The van der Waals surface area contributed by atoms with Gasteiger partial charge in [0.15, 0.2) is 5.16 Å². The van der Waals surface area contributed by atoms with Crippen molar-refractivity contribution in [1.29, 1.82) is 5.26 Å². The second kappa shape index (κ2) is 10.3. The number of hydrogen-bond acceptors (Lipinski definition) is 7. The fourth-order valence-corrected chi connectivity index (χ4v) is 6.09. The van der Waals surface area contributed by atoms with Crippen molar-refractivity contribution in [2.24, 2.45) is 0 Å². The first-order valence-corrected chi connectivity index (χ1v) is 12.9. The van der Waals surface area contributed by atoms with Gasteiger partial charge in [0.1, 0.15) is 11.8 Å². The molecule has 9 nitrogen and oxygen atoms in total. The fraction of sp³-hybridized carbons (Fsp3) is 0.261. The highest BCUT2D eigenvalue weighted by Gasteiger charge is 2.31. The molecule has 0 spiro atoms. The number of rotatable bonds is 7. The van der Waals surface area contributed by atoms with E-state index in [9.17, 15) is 18.5 Å². The van der Waals surface area contributed by atoms with Crippen LogP contribution in [0.5, 0.6) is 5.75 Å². The summed E-state index contributed by atoms with van der Waals surface area (Å²) in [7, 11) is -2.19. The Morgan fingerprint density at radius 2 is 1.82 bits per heavy atom. The largest absolute Gasteiger partial charge is 0.497 e. The Hall–Kier alpha value is -3.33. The molecule has 176 valence electrons. The molecular formula is C23H23N5O4S2. The van der Waals surface area contributed by atoms with Crippen molar-refractivity contribution >= 4 is 27.7 Å². The van der Waals surface area contributed by atoms with Gasteiger partial charge in [-0.25, -0.2) is 13.4 Å². The van der Waals surface area contributed by atoms with E-state index in [-0.39, 0.29) is 35.2 Å². The molecule has 0 bridgehead atoms. The summed E-state index contributed by atoms with van der Waals surface area (Å²) in [4.78, 5) is 18.8. The minimum Gasteiger partial charge on any atom is -0.497 e. The number of nitriles is 1. The molecule has 3 aromatic rings. The minimum absolute atomic E-state index is 0.00167. The number of carbonyl (C=O) groups excluding carboxylic acids is 1. The SMILES string of the molecule is COc1ccc(-n2ccnc2SCC(=O)N2CCN(S(=O)(=O)c3ccccc3C#N)CC2)cc1. The topological polar surface area (TPSA) is 109 Å². The van der Waals surface area contributed by atoms with E-state index in [1.165, 1.54) is 28.2 Å². The van der Waals surface area contributed by atoms with Crippen molar-refractivity contribution in [3.05, 3.63) is 66.5 Å². The number of aromatic nitrogens is 2. The van der Waals surface area contributed by atoms with Gasteiger partial charge < -0.3 is 9.64 Å². The predicted octanol–water partition coefficient (Wildman–Crippen LogP) is 2.38. The van der Waals surface area contributed by atoms with Crippen molar-refractivity contribution in [2.75, 3.05) is 39.0 Å². The van der Waals surface area contributed by atoms with Crippen LogP contribution in [0.1, 0.15) is 5.56 Å². The van der Waals surface area contributed by atoms with Gasteiger partial charge in [0.2, 0.25) is 15.9 Å². The highest BCUT2D eigenvalue weighted by molar-refractivity contribution is 7.99. The van der Waals surface area contributed by atoms with Crippen LogP contribution >= 0.6 is 11.8 Å². The Morgan fingerprint density at radius 1 is 1.12 bits per heavy atom. The van der Waals surface area contributed by atoms with Crippen molar-refractivity contribution < 1.29 is 17.9 Å². The molecule has 1 aliphatic rings. The Morgan fingerprint density at radius 3 is 2.50 bits per heavy atom. The van der Waals surface area contributed by atoms with Crippen LogP contribution in [0.4, 0.5) is 0 Å². The quantitative estimate of drug-likeness (QED) is 0.461. The normalized spacial score (nSPS) is 14.5. The summed E-state index contributed by atoms with van der Waals surface area (Å²) in [5.74, 6) is 0.867. The Bertz CT molecular complexity index is 1310. The van der Waals surface area contributed by atoms with Crippen LogP contribution in [0.15, 0.2) is 71.0 Å². The van der Waals surface area contributed by atoms with Crippen LogP contribution in [0.25, 0.3) is 5.69 Å². The van der Waals surface area contributed by atoms with Gasteiger partial charge in [-0.05, 0) is 36.4 Å². The van der Waals surface area contributed by atoms with E-state index in [4.69, 9.17) is 4.74 Å². The summed E-state index contributed by atoms with van der Waals surface area (Å²) in [6.45, 7) is 0.943.